The number of fused-ring (bicyclic) bond motifs is 1. The lowest BCUT2D eigenvalue weighted by Crippen LogP contribution is -2.12. The number of carbonyl (C=O) groups is 1. The highest BCUT2D eigenvalue weighted by atomic mass is 32.1. The van der Waals surface area contributed by atoms with Crippen molar-refractivity contribution in [1.82, 2.24) is 0 Å². The Morgan fingerprint density at radius 3 is 2.76 bits per heavy atom. The standard InChI is InChI=1S/C21H16N2OS/c22-11-17-14-4-2-6-18(14)25-21(17)23-20(24)16-10-9-13-8-7-12-3-1-5-15(16)19(12)13/h1,3,5,9-10H,2,4,6-8H2,(H,23,24). The van der Waals surface area contributed by atoms with Gasteiger partial charge in [0.05, 0.1) is 5.56 Å². The number of hydrogen-bond donors (Lipinski definition) is 1. The van der Waals surface area contributed by atoms with Crippen LogP contribution < -0.4 is 5.32 Å². The van der Waals surface area contributed by atoms with Gasteiger partial charge in [0.2, 0.25) is 0 Å². The average Bonchev–Trinajstić information content (AvgIpc) is 3.31. The van der Waals surface area contributed by atoms with E-state index in [2.05, 4.69) is 23.5 Å². The van der Waals surface area contributed by atoms with Crippen LogP contribution in [0.1, 0.15) is 43.9 Å². The molecule has 0 aliphatic heterocycles. The van der Waals surface area contributed by atoms with Crippen molar-refractivity contribution in [3.63, 3.8) is 0 Å². The Bertz CT molecular complexity index is 1080. The number of nitriles is 1. The minimum Gasteiger partial charge on any atom is -0.312 e. The number of anilines is 1. The first-order valence-electron chi connectivity index (χ1n) is 8.65. The van der Waals surface area contributed by atoms with Gasteiger partial charge in [-0.1, -0.05) is 24.3 Å². The summed E-state index contributed by atoms with van der Waals surface area (Å²) in [6.07, 6.45) is 5.18. The molecule has 4 heteroatoms. The van der Waals surface area contributed by atoms with E-state index in [0.29, 0.717) is 16.1 Å². The van der Waals surface area contributed by atoms with Crippen molar-refractivity contribution in [1.29, 1.82) is 5.26 Å². The summed E-state index contributed by atoms with van der Waals surface area (Å²) in [5.74, 6) is -0.118. The van der Waals surface area contributed by atoms with Crippen LogP contribution in [-0.4, -0.2) is 5.91 Å². The summed E-state index contributed by atoms with van der Waals surface area (Å²) in [4.78, 5) is 14.2. The average molecular weight is 344 g/mol. The van der Waals surface area contributed by atoms with Gasteiger partial charge in [0.15, 0.2) is 0 Å². The lowest BCUT2D eigenvalue weighted by Gasteiger charge is -2.09. The minimum atomic E-state index is -0.118. The van der Waals surface area contributed by atoms with Crippen LogP contribution >= 0.6 is 11.3 Å². The zero-order chi connectivity index (χ0) is 17.0. The van der Waals surface area contributed by atoms with E-state index in [1.165, 1.54) is 21.4 Å². The third kappa shape index (κ3) is 2.13. The maximum absolute atomic E-state index is 13.0. The number of nitrogens with one attached hydrogen (secondary N) is 1. The Kier molecular flexibility index (Phi) is 3.19. The summed E-state index contributed by atoms with van der Waals surface area (Å²) in [7, 11) is 0. The smallest absolute Gasteiger partial charge is 0.256 e. The van der Waals surface area contributed by atoms with Crippen molar-refractivity contribution in [3.8, 4) is 6.07 Å². The van der Waals surface area contributed by atoms with Gasteiger partial charge in [0, 0.05) is 10.4 Å². The molecular weight excluding hydrogens is 328 g/mol. The van der Waals surface area contributed by atoms with Crippen LogP contribution in [0.25, 0.3) is 10.8 Å². The largest absolute Gasteiger partial charge is 0.312 e. The predicted molar refractivity (Wildman–Crippen MR) is 100 cm³/mol. The summed E-state index contributed by atoms with van der Waals surface area (Å²) < 4.78 is 0. The van der Waals surface area contributed by atoms with Crippen LogP contribution in [-0.2, 0) is 25.7 Å². The zero-order valence-corrected chi connectivity index (χ0v) is 14.5. The van der Waals surface area contributed by atoms with Crippen LogP contribution in [0.5, 0.6) is 0 Å². The van der Waals surface area contributed by atoms with Crippen molar-refractivity contribution in [3.05, 3.63) is 63.0 Å². The van der Waals surface area contributed by atoms with Crippen LogP contribution in [0.3, 0.4) is 0 Å². The van der Waals surface area contributed by atoms with Crippen LogP contribution in [0, 0.1) is 11.3 Å². The fourth-order valence-electron chi connectivity index (χ4n) is 4.23. The second-order valence-electron chi connectivity index (χ2n) is 6.74. The highest BCUT2D eigenvalue weighted by Crippen LogP contribution is 2.39. The van der Waals surface area contributed by atoms with Gasteiger partial charge >= 0.3 is 0 Å². The molecule has 2 aliphatic rings. The number of amides is 1. The molecule has 0 saturated carbocycles. The molecule has 122 valence electrons. The first kappa shape index (κ1) is 14.7. The van der Waals surface area contributed by atoms with E-state index in [1.807, 2.05) is 18.2 Å². The van der Waals surface area contributed by atoms with Crippen molar-refractivity contribution >= 4 is 33.0 Å². The third-order valence-corrected chi connectivity index (χ3v) is 6.59. The second-order valence-corrected chi connectivity index (χ2v) is 7.84. The van der Waals surface area contributed by atoms with Gasteiger partial charge in [0.1, 0.15) is 11.1 Å². The molecule has 1 aromatic heterocycles. The number of carbonyl (C=O) groups excluding carboxylic acids is 1. The molecule has 2 aliphatic carbocycles. The summed E-state index contributed by atoms with van der Waals surface area (Å²) in [6.45, 7) is 0. The third-order valence-electron chi connectivity index (χ3n) is 5.38. The quantitative estimate of drug-likeness (QED) is 0.738. The van der Waals surface area contributed by atoms with Gasteiger partial charge in [-0.3, -0.25) is 4.79 Å². The highest BCUT2D eigenvalue weighted by molar-refractivity contribution is 7.16. The molecule has 0 bridgehead atoms. The normalized spacial score (nSPS) is 14.5. The summed E-state index contributed by atoms with van der Waals surface area (Å²) in [5.41, 5.74) is 5.16. The maximum Gasteiger partial charge on any atom is 0.256 e. The van der Waals surface area contributed by atoms with E-state index in [-0.39, 0.29) is 5.91 Å². The molecule has 3 nitrogen and oxygen atoms in total. The summed E-state index contributed by atoms with van der Waals surface area (Å²) in [5, 5.41) is 15.5. The molecule has 3 aromatic rings. The van der Waals surface area contributed by atoms with Crippen molar-refractivity contribution in [2.45, 2.75) is 32.1 Å². The SMILES string of the molecule is N#Cc1c(NC(=O)c2ccc3c4c(cccc24)CC3)sc2c1CCC2. The molecule has 1 N–H and O–H groups in total. The molecule has 2 aromatic carbocycles. The molecule has 1 heterocycles. The topological polar surface area (TPSA) is 52.9 Å². The monoisotopic (exact) mass is 344 g/mol. The highest BCUT2D eigenvalue weighted by Gasteiger charge is 2.24. The van der Waals surface area contributed by atoms with E-state index in [4.69, 9.17) is 0 Å². The van der Waals surface area contributed by atoms with Gasteiger partial charge < -0.3 is 5.32 Å². The number of aryl methyl sites for hydroxylation is 3. The van der Waals surface area contributed by atoms with Crippen LogP contribution in [0.15, 0.2) is 30.3 Å². The number of thiophene rings is 1. The Morgan fingerprint density at radius 1 is 1.08 bits per heavy atom. The molecule has 0 unspecified atom stereocenters. The molecule has 1 amide bonds. The Hall–Kier alpha value is -2.64. The molecule has 0 saturated heterocycles. The predicted octanol–water partition coefficient (Wildman–Crippen LogP) is 4.61. The molecule has 0 fully saturated rings. The molecule has 0 atom stereocenters. The lowest BCUT2D eigenvalue weighted by molar-refractivity contribution is 0.102. The van der Waals surface area contributed by atoms with Crippen molar-refractivity contribution in [2.24, 2.45) is 0 Å². The molecular formula is C21H16N2OS. The van der Waals surface area contributed by atoms with Crippen LogP contribution in [0.4, 0.5) is 5.00 Å². The first-order chi connectivity index (χ1) is 12.3. The van der Waals surface area contributed by atoms with E-state index in [1.54, 1.807) is 11.3 Å². The van der Waals surface area contributed by atoms with E-state index in [9.17, 15) is 10.1 Å². The first-order valence-corrected chi connectivity index (χ1v) is 9.47. The fourth-order valence-corrected chi connectivity index (χ4v) is 5.46. The Balaban J connectivity index is 1.57. The van der Waals surface area contributed by atoms with Crippen molar-refractivity contribution < 1.29 is 4.79 Å². The van der Waals surface area contributed by atoms with E-state index < -0.39 is 0 Å². The van der Waals surface area contributed by atoms with Gasteiger partial charge in [-0.25, -0.2) is 0 Å². The Morgan fingerprint density at radius 2 is 1.92 bits per heavy atom. The van der Waals surface area contributed by atoms with E-state index in [0.717, 1.165) is 43.1 Å². The number of benzene rings is 2. The summed E-state index contributed by atoms with van der Waals surface area (Å²) in [6, 6.07) is 12.5. The van der Waals surface area contributed by atoms with Crippen LogP contribution in [0.2, 0.25) is 0 Å². The molecule has 0 spiro atoms. The molecule has 25 heavy (non-hydrogen) atoms. The summed E-state index contributed by atoms with van der Waals surface area (Å²) >= 11 is 1.57. The van der Waals surface area contributed by atoms with Gasteiger partial charge in [-0.2, -0.15) is 5.26 Å². The number of hydrogen-bond acceptors (Lipinski definition) is 3. The molecule has 5 rings (SSSR count). The van der Waals surface area contributed by atoms with Gasteiger partial charge in [-0.05, 0) is 65.6 Å². The fraction of sp³-hybridized carbons (Fsp3) is 0.238. The molecule has 0 radical (unpaired) electrons. The minimum absolute atomic E-state index is 0.118. The van der Waals surface area contributed by atoms with Gasteiger partial charge in [0.25, 0.3) is 5.91 Å². The Labute approximate surface area is 149 Å². The van der Waals surface area contributed by atoms with Crippen molar-refractivity contribution in [2.75, 3.05) is 5.32 Å². The van der Waals surface area contributed by atoms with E-state index >= 15 is 0 Å². The lowest BCUT2D eigenvalue weighted by atomic mass is 9.99. The second kappa shape index (κ2) is 5.44. The number of nitrogens with zero attached hydrogens (tertiary/aromatic N) is 1. The number of rotatable bonds is 2. The zero-order valence-electron chi connectivity index (χ0n) is 13.7. The maximum atomic E-state index is 13.0. The van der Waals surface area contributed by atoms with Gasteiger partial charge in [-0.15, -0.1) is 11.3 Å².